The van der Waals surface area contributed by atoms with Gasteiger partial charge in [-0.25, -0.2) is 0 Å². The number of nitro benzene ring substituents is 1. The van der Waals surface area contributed by atoms with Crippen molar-refractivity contribution in [3.63, 3.8) is 0 Å². The molecule has 19 heavy (non-hydrogen) atoms. The maximum Gasteiger partial charge on any atom is 0.308 e. The number of aliphatic carboxylic acids is 1. The molecule has 2 rings (SSSR count). The van der Waals surface area contributed by atoms with E-state index in [9.17, 15) is 14.9 Å². The second kappa shape index (κ2) is 5.22. The molecule has 1 aromatic rings. The van der Waals surface area contributed by atoms with Crippen molar-refractivity contribution in [2.75, 3.05) is 18.0 Å². The van der Waals surface area contributed by atoms with Gasteiger partial charge in [0.25, 0.3) is 5.69 Å². The molecule has 0 aromatic heterocycles. The predicted octanol–water partition coefficient (Wildman–Crippen LogP) is 2.81. The van der Waals surface area contributed by atoms with E-state index >= 15 is 0 Å². The van der Waals surface area contributed by atoms with Crippen molar-refractivity contribution in [1.29, 1.82) is 0 Å². The number of carboxylic acid groups (broad SMARTS) is 1. The monoisotopic (exact) mass is 304 g/mol. The van der Waals surface area contributed by atoms with Gasteiger partial charge in [0.15, 0.2) is 0 Å². The van der Waals surface area contributed by atoms with Crippen LogP contribution in [0.5, 0.6) is 0 Å². The normalized spacial score (nSPS) is 18.6. The van der Waals surface area contributed by atoms with E-state index in [0.29, 0.717) is 25.2 Å². The summed E-state index contributed by atoms with van der Waals surface area (Å²) in [6.45, 7) is 0.806. The Morgan fingerprint density at radius 2 is 2.00 bits per heavy atom. The van der Waals surface area contributed by atoms with Crippen molar-refractivity contribution in [1.82, 2.24) is 0 Å². The minimum Gasteiger partial charge on any atom is -0.481 e. The number of anilines is 1. The number of hydrogen-bond acceptors (Lipinski definition) is 4. The summed E-state index contributed by atoms with van der Waals surface area (Å²) >= 11 is 12.0. The number of rotatable bonds is 3. The van der Waals surface area contributed by atoms with Crippen LogP contribution >= 0.6 is 23.2 Å². The second-order valence-corrected chi connectivity index (χ2v) is 5.10. The zero-order chi connectivity index (χ0) is 14.2. The second-order valence-electron chi connectivity index (χ2n) is 4.28. The minimum absolute atomic E-state index is 0.158. The van der Waals surface area contributed by atoms with E-state index in [4.69, 9.17) is 28.3 Å². The van der Waals surface area contributed by atoms with Crippen molar-refractivity contribution in [3.05, 3.63) is 32.3 Å². The molecule has 1 heterocycles. The van der Waals surface area contributed by atoms with Gasteiger partial charge in [0, 0.05) is 25.2 Å². The molecule has 0 bridgehead atoms. The molecular formula is C11H10Cl2N2O4. The summed E-state index contributed by atoms with van der Waals surface area (Å²) in [4.78, 5) is 22.8. The van der Waals surface area contributed by atoms with Gasteiger partial charge in [-0.3, -0.25) is 14.9 Å². The summed E-state index contributed by atoms with van der Waals surface area (Å²) in [5.41, 5.74) is 0.269. The maximum absolute atomic E-state index is 10.9. The molecule has 6 nitrogen and oxygen atoms in total. The molecule has 1 atom stereocenters. The Labute approximate surface area is 118 Å². The molecule has 1 N–H and O–H groups in total. The Bertz CT molecular complexity index is 526. The molecule has 0 amide bonds. The molecule has 0 radical (unpaired) electrons. The number of nitrogens with zero attached hydrogens (tertiary/aromatic N) is 2. The number of benzene rings is 1. The highest BCUT2D eigenvalue weighted by atomic mass is 35.5. The molecule has 0 saturated carbocycles. The highest BCUT2D eigenvalue weighted by Crippen LogP contribution is 2.39. The Morgan fingerprint density at radius 3 is 2.42 bits per heavy atom. The summed E-state index contributed by atoms with van der Waals surface area (Å²) in [6, 6.07) is 2.44. The Balaban J connectivity index is 2.31. The van der Waals surface area contributed by atoms with E-state index in [1.165, 1.54) is 12.1 Å². The fourth-order valence-corrected chi connectivity index (χ4v) is 2.84. The number of nitro groups is 1. The van der Waals surface area contributed by atoms with Crippen molar-refractivity contribution in [3.8, 4) is 0 Å². The van der Waals surface area contributed by atoms with Gasteiger partial charge in [-0.1, -0.05) is 23.2 Å². The fourth-order valence-electron chi connectivity index (χ4n) is 2.12. The van der Waals surface area contributed by atoms with E-state index in [0.717, 1.165) is 0 Å². The van der Waals surface area contributed by atoms with E-state index in [1.54, 1.807) is 4.90 Å². The molecule has 8 heteroatoms. The van der Waals surface area contributed by atoms with Gasteiger partial charge in [-0.05, 0) is 6.42 Å². The largest absolute Gasteiger partial charge is 0.481 e. The van der Waals surface area contributed by atoms with E-state index in [1.807, 2.05) is 0 Å². The van der Waals surface area contributed by atoms with Crippen LogP contribution in [0.1, 0.15) is 6.42 Å². The van der Waals surface area contributed by atoms with Crippen LogP contribution in [0.3, 0.4) is 0 Å². The first-order chi connectivity index (χ1) is 8.90. The Hall–Kier alpha value is -1.53. The molecular weight excluding hydrogens is 295 g/mol. The first kappa shape index (κ1) is 13.9. The van der Waals surface area contributed by atoms with Crippen LogP contribution in [0.15, 0.2) is 12.1 Å². The topological polar surface area (TPSA) is 83.7 Å². The van der Waals surface area contributed by atoms with Gasteiger partial charge in [-0.2, -0.15) is 0 Å². The summed E-state index contributed by atoms with van der Waals surface area (Å²) in [6.07, 6.45) is 0.499. The first-order valence-electron chi connectivity index (χ1n) is 5.51. The van der Waals surface area contributed by atoms with Crippen LogP contribution in [0.25, 0.3) is 0 Å². The molecule has 1 aliphatic heterocycles. The molecule has 0 spiro atoms. The van der Waals surface area contributed by atoms with Crippen molar-refractivity contribution >= 4 is 40.5 Å². The Morgan fingerprint density at radius 1 is 1.42 bits per heavy atom. The highest BCUT2D eigenvalue weighted by Gasteiger charge is 2.30. The quantitative estimate of drug-likeness (QED) is 0.685. The van der Waals surface area contributed by atoms with Crippen LogP contribution in [-0.2, 0) is 4.79 Å². The lowest BCUT2D eigenvalue weighted by Crippen LogP contribution is -2.23. The van der Waals surface area contributed by atoms with Gasteiger partial charge < -0.3 is 10.0 Å². The Kier molecular flexibility index (Phi) is 3.82. The first-order valence-corrected chi connectivity index (χ1v) is 6.27. The standard InChI is InChI=1S/C11H10Cl2N2O4/c12-8-3-7(15(18)19)4-9(13)10(8)14-2-1-6(5-14)11(16)17/h3-4,6H,1-2,5H2,(H,16,17). The number of carbonyl (C=O) groups is 1. The minimum atomic E-state index is -0.864. The van der Waals surface area contributed by atoms with Gasteiger partial charge >= 0.3 is 5.97 Å². The molecule has 1 aliphatic rings. The summed E-state index contributed by atoms with van der Waals surface area (Å²) < 4.78 is 0. The fraction of sp³-hybridized carbons (Fsp3) is 0.364. The van der Waals surface area contributed by atoms with Crippen LogP contribution in [0, 0.1) is 16.0 Å². The third kappa shape index (κ3) is 2.74. The van der Waals surface area contributed by atoms with Crippen LogP contribution in [0.4, 0.5) is 11.4 Å². The molecule has 0 aliphatic carbocycles. The molecule has 1 unspecified atom stereocenters. The zero-order valence-corrected chi connectivity index (χ0v) is 11.2. The predicted molar refractivity (Wildman–Crippen MR) is 71.1 cm³/mol. The van der Waals surface area contributed by atoms with Crippen LogP contribution < -0.4 is 4.90 Å². The SMILES string of the molecule is O=C(O)C1CCN(c2c(Cl)cc([N+](=O)[O-])cc2Cl)C1. The summed E-state index contributed by atoms with van der Waals surface area (Å²) in [7, 11) is 0. The van der Waals surface area contributed by atoms with E-state index in [2.05, 4.69) is 0 Å². The third-order valence-electron chi connectivity index (χ3n) is 3.07. The average Bonchev–Trinajstić information content (AvgIpc) is 2.77. The summed E-state index contributed by atoms with van der Waals surface area (Å²) in [5, 5.41) is 19.9. The van der Waals surface area contributed by atoms with Gasteiger partial charge in [0.2, 0.25) is 0 Å². The van der Waals surface area contributed by atoms with Crippen molar-refractivity contribution in [2.24, 2.45) is 5.92 Å². The van der Waals surface area contributed by atoms with Gasteiger partial charge in [0.1, 0.15) is 0 Å². The van der Waals surface area contributed by atoms with Crippen LogP contribution in [0.2, 0.25) is 10.0 Å². The zero-order valence-electron chi connectivity index (χ0n) is 9.68. The third-order valence-corrected chi connectivity index (χ3v) is 3.64. The number of halogens is 2. The smallest absolute Gasteiger partial charge is 0.308 e. The van der Waals surface area contributed by atoms with E-state index in [-0.39, 0.29) is 15.7 Å². The number of carboxylic acids is 1. The lowest BCUT2D eigenvalue weighted by atomic mass is 10.1. The number of non-ortho nitro benzene ring substituents is 1. The molecule has 102 valence electrons. The van der Waals surface area contributed by atoms with Gasteiger partial charge in [0.05, 0.1) is 26.6 Å². The van der Waals surface area contributed by atoms with Crippen LogP contribution in [-0.4, -0.2) is 29.1 Å². The van der Waals surface area contributed by atoms with Gasteiger partial charge in [-0.15, -0.1) is 0 Å². The maximum atomic E-state index is 10.9. The lowest BCUT2D eigenvalue weighted by molar-refractivity contribution is -0.384. The number of hydrogen-bond donors (Lipinski definition) is 1. The highest BCUT2D eigenvalue weighted by molar-refractivity contribution is 6.39. The molecule has 1 fully saturated rings. The van der Waals surface area contributed by atoms with E-state index < -0.39 is 16.8 Å². The van der Waals surface area contributed by atoms with Crippen molar-refractivity contribution < 1.29 is 14.8 Å². The summed E-state index contributed by atoms with van der Waals surface area (Å²) in [5.74, 6) is -1.33. The lowest BCUT2D eigenvalue weighted by Gasteiger charge is -2.20. The average molecular weight is 305 g/mol. The molecule has 1 saturated heterocycles. The molecule has 1 aromatic carbocycles. The van der Waals surface area contributed by atoms with Crippen molar-refractivity contribution in [2.45, 2.75) is 6.42 Å².